The topological polar surface area (TPSA) is 26.0 Å². The monoisotopic (exact) mass is 231 g/mol. The van der Waals surface area contributed by atoms with Gasteiger partial charge in [0.25, 0.3) is 0 Å². The van der Waals surface area contributed by atoms with E-state index < -0.39 is 0 Å². The minimum atomic E-state index is -0.193. The summed E-state index contributed by atoms with van der Waals surface area (Å²) < 4.78 is 13.9. The van der Waals surface area contributed by atoms with Gasteiger partial charge in [-0.1, -0.05) is 22.0 Å². The second-order valence-corrected chi connectivity index (χ2v) is 3.83. The molecule has 66 valence electrons. The lowest BCUT2D eigenvalue weighted by atomic mass is 10.1. The summed E-state index contributed by atoms with van der Waals surface area (Å²) in [5.74, 6) is -0.193. The third-order valence-electron chi connectivity index (χ3n) is 1.56. The van der Waals surface area contributed by atoms with Crippen LogP contribution in [0.1, 0.15) is 12.5 Å². The summed E-state index contributed by atoms with van der Waals surface area (Å²) in [5, 5.41) is 0. The Morgan fingerprint density at radius 3 is 2.75 bits per heavy atom. The van der Waals surface area contributed by atoms with Gasteiger partial charge in [-0.25, -0.2) is 4.39 Å². The lowest BCUT2D eigenvalue weighted by Crippen LogP contribution is -2.18. The van der Waals surface area contributed by atoms with Crippen molar-refractivity contribution in [2.45, 2.75) is 19.4 Å². The third-order valence-corrected chi connectivity index (χ3v) is 2.05. The molecule has 1 aromatic rings. The van der Waals surface area contributed by atoms with Crippen molar-refractivity contribution in [3.63, 3.8) is 0 Å². The lowest BCUT2D eigenvalue weighted by molar-refractivity contribution is 0.595. The minimum Gasteiger partial charge on any atom is -0.328 e. The zero-order valence-electron chi connectivity index (χ0n) is 6.85. The fraction of sp³-hybridized carbons (Fsp3) is 0.333. The van der Waals surface area contributed by atoms with E-state index in [1.807, 2.05) is 13.0 Å². The molecule has 0 radical (unpaired) electrons. The van der Waals surface area contributed by atoms with Gasteiger partial charge >= 0.3 is 0 Å². The molecule has 0 aliphatic carbocycles. The first-order chi connectivity index (χ1) is 5.59. The van der Waals surface area contributed by atoms with Gasteiger partial charge in [-0.15, -0.1) is 0 Å². The van der Waals surface area contributed by atoms with Crippen molar-refractivity contribution in [1.29, 1.82) is 0 Å². The van der Waals surface area contributed by atoms with E-state index in [0.29, 0.717) is 12.0 Å². The van der Waals surface area contributed by atoms with Gasteiger partial charge in [0.2, 0.25) is 0 Å². The summed E-state index contributed by atoms with van der Waals surface area (Å²) in [6.45, 7) is 1.86. The molecule has 0 unspecified atom stereocenters. The summed E-state index contributed by atoms with van der Waals surface area (Å²) in [7, 11) is 0. The first kappa shape index (κ1) is 9.68. The Bertz CT molecular complexity index is 273. The smallest absolute Gasteiger partial charge is 0.127 e. The molecule has 0 aliphatic heterocycles. The van der Waals surface area contributed by atoms with Crippen LogP contribution in [0.3, 0.4) is 0 Å². The molecular weight excluding hydrogens is 221 g/mol. The summed E-state index contributed by atoms with van der Waals surface area (Å²) in [4.78, 5) is 0. The summed E-state index contributed by atoms with van der Waals surface area (Å²) in [6.07, 6.45) is 0.582. The Balaban J connectivity index is 2.86. The molecule has 0 fully saturated rings. The highest BCUT2D eigenvalue weighted by molar-refractivity contribution is 9.10. The number of hydrogen-bond donors (Lipinski definition) is 1. The highest BCUT2D eigenvalue weighted by Crippen LogP contribution is 2.15. The molecule has 1 aromatic carbocycles. The van der Waals surface area contributed by atoms with E-state index in [4.69, 9.17) is 5.73 Å². The van der Waals surface area contributed by atoms with Crippen LogP contribution in [-0.2, 0) is 6.42 Å². The number of hydrogen-bond acceptors (Lipinski definition) is 1. The van der Waals surface area contributed by atoms with Crippen molar-refractivity contribution in [1.82, 2.24) is 0 Å². The zero-order valence-corrected chi connectivity index (χ0v) is 8.44. The van der Waals surface area contributed by atoms with Crippen molar-refractivity contribution in [2.75, 3.05) is 0 Å². The predicted molar refractivity (Wildman–Crippen MR) is 51.5 cm³/mol. The van der Waals surface area contributed by atoms with E-state index in [9.17, 15) is 4.39 Å². The van der Waals surface area contributed by atoms with Gasteiger partial charge in [-0.05, 0) is 31.0 Å². The maximum Gasteiger partial charge on any atom is 0.127 e. The standard InChI is InChI=1S/C9H11BrFN/c1-6(12)4-7-2-3-8(10)5-9(7)11/h2-3,5-6H,4,12H2,1H3/t6-/m1/s1. The van der Waals surface area contributed by atoms with Crippen molar-refractivity contribution < 1.29 is 4.39 Å². The highest BCUT2D eigenvalue weighted by Gasteiger charge is 2.04. The van der Waals surface area contributed by atoms with Gasteiger partial charge < -0.3 is 5.73 Å². The number of nitrogens with two attached hydrogens (primary N) is 1. The van der Waals surface area contributed by atoms with Crippen LogP contribution in [0.2, 0.25) is 0 Å². The molecule has 1 rings (SSSR count). The van der Waals surface area contributed by atoms with E-state index in [1.54, 1.807) is 6.07 Å². The second kappa shape index (κ2) is 4.01. The van der Waals surface area contributed by atoms with Gasteiger partial charge in [-0.3, -0.25) is 0 Å². The summed E-state index contributed by atoms with van der Waals surface area (Å²) in [6, 6.07) is 5.03. The van der Waals surface area contributed by atoms with Crippen LogP contribution in [-0.4, -0.2) is 6.04 Å². The quantitative estimate of drug-likeness (QED) is 0.832. The second-order valence-electron chi connectivity index (χ2n) is 2.92. The predicted octanol–water partition coefficient (Wildman–Crippen LogP) is 2.48. The highest BCUT2D eigenvalue weighted by atomic mass is 79.9. The molecule has 0 saturated carbocycles. The van der Waals surface area contributed by atoms with Gasteiger partial charge in [0, 0.05) is 10.5 Å². The first-order valence-corrected chi connectivity index (χ1v) is 4.58. The van der Waals surface area contributed by atoms with Crippen molar-refractivity contribution in [2.24, 2.45) is 5.73 Å². The molecular formula is C9H11BrFN. The Labute approximate surface area is 79.9 Å². The number of benzene rings is 1. The molecule has 0 bridgehead atoms. The van der Waals surface area contributed by atoms with Crippen molar-refractivity contribution >= 4 is 15.9 Å². The molecule has 2 N–H and O–H groups in total. The Morgan fingerprint density at radius 2 is 2.25 bits per heavy atom. The van der Waals surface area contributed by atoms with Crippen LogP contribution in [0.25, 0.3) is 0 Å². The van der Waals surface area contributed by atoms with E-state index in [0.717, 1.165) is 4.47 Å². The molecule has 1 atom stereocenters. The average Bonchev–Trinajstić information content (AvgIpc) is 1.94. The van der Waals surface area contributed by atoms with Gasteiger partial charge in [0.05, 0.1) is 0 Å². The van der Waals surface area contributed by atoms with Gasteiger partial charge in [0.1, 0.15) is 5.82 Å². The Morgan fingerprint density at radius 1 is 1.58 bits per heavy atom. The third kappa shape index (κ3) is 2.57. The molecule has 1 nitrogen and oxygen atoms in total. The molecule has 12 heavy (non-hydrogen) atoms. The van der Waals surface area contributed by atoms with Gasteiger partial charge in [0.15, 0.2) is 0 Å². The fourth-order valence-corrected chi connectivity index (χ4v) is 1.37. The lowest BCUT2D eigenvalue weighted by Gasteiger charge is -2.06. The van der Waals surface area contributed by atoms with E-state index >= 15 is 0 Å². The number of halogens is 2. The normalized spacial score (nSPS) is 13.0. The van der Waals surface area contributed by atoms with Crippen molar-refractivity contribution in [3.05, 3.63) is 34.1 Å². The summed E-state index contributed by atoms with van der Waals surface area (Å²) in [5.41, 5.74) is 6.23. The van der Waals surface area contributed by atoms with Crippen LogP contribution in [0.4, 0.5) is 4.39 Å². The molecule has 3 heteroatoms. The molecule has 0 aromatic heterocycles. The van der Waals surface area contributed by atoms with E-state index in [2.05, 4.69) is 15.9 Å². The van der Waals surface area contributed by atoms with Crippen LogP contribution in [0.5, 0.6) is 0 Å². The van der Waals surface area contributed by atoms with Crippen LogP contribution in [0.15, 0.2) is 22.7 Å². The van der Waals surface area contributed by atoms with Gasteiger partial charge in [-0.2, -0.15) is 0 Å². The minimum absolute atomic E-state index is 0.000625. The maximum absolute atomic E-state index is 13.1. The van der Waals surface area contributed by atoms with Crippen molar-refractivity contribution in [3.8, 4) is 0 Å². The van der Waals surface area contributed by atoms with Crippen LogP contribution in [0, 0.1) is 5.82 Å². The van der Waals surface area contributed by atoms with E-state index in [1.165, 1.54) is 6.07 Å². The molecule has 0 saturated heterocycles. The fourth-order valence-electron chi connectivity index (χ4n) is 1.03. The Hall–Kier alpha value is -0.410. The van der Waals surface area contributed by atoms with Crippen LogP contribution < -0.4 is 5.73 Å². The first-order valence-electron chi connectivity index (χ1n) is 3.79. The average molecular weight is 232 g/mol. The SMILES string of the molecule is C[C@@H](N)Cc1ccc(Br)cc1F. The number of rotatable bonds is 2. The van der Waals surface area contributed by atoms with Crippen LogP contribution >= 0.6 is 15.9 Å². The molecule has 0 amide bonds. The zero-order chi connectivity index (χ0) is 9.14. The maximum atomic E-state index is 13.1. The van der Waals surface area contributed by atoms with E-state index in [-0.39, 0.29) is 11.9 Å². The summed E-state index contributed by atoms with van der Waals surface area (Å²) >= 11 is 3.19. The largest absolute Gasteiger partial charge is 0.328 e. The molecule has 0 aliphatic rings. The Kier molecular flexibility index (Phi) is 3.23. The molecule has 0 heterocycles. The molecule has 0 spiro atoms.